The summed E-state index contributed by atoms with van der Waals surface area (Å²) < 4.78 is 5.28. The SMILES string of the molecule is O=C(CCc1nc(C2=CC3=CNON3C=C2)no1)NCCCNc1n[nH]c(=O)c2ccccc12. The third-order valence-corrected chi connectivity index (χ3v) is 5.26. The Balaban J connectivity index is 1.04. The van der Waals surface area contributed by atoms with E-state index in [1.54, 1.807) is 23.5 Å². The predicted octanol–water partition coefficient (Wildman–Crippen LogP) is 1.36. The van der Waals surface area contributed by atoms with E-state index in [9.17, 15) is 9.59 Å². The summed E-state index contributed by atoms with van der Waals surface area (Å²) in [5.41, 5.74) is 4.04. The van der Waals surface area contributed by atoms with Crippen molar-refractivity contribution in [2.75, 3.05) is 18.4 Å². The molecule has 2 aliphatic rings. The number of benzene rings is 1. The minimum absolute atomic E-state index is 0.0980. The van der Waals surface area contributed by atoms with Crippen molar-refractivity contribution >= 4 is 28.1 Å². The topological polar surface area (TPSA) is 150 Å². The summed E-state index contributed by atoms with van der Waals surface area (Å²) in [6.45, 7) is 1.09. The van der Waals surface area contributed by atoms with E-state index in [1.165, 1.54) is 0 Å². The van der Waals surface area contributed by atoms with Crippen LogP contribution in [0.15, 0.2) is 63.8 Å². The molecule has 0 spiro atoms. The van der Waals surface area contributed by atoms with Crippen molar-refractivity contribution in [1.82, 2.24) is 36.2 Å². The number of nitrogens with one attached hydrogen (secondary N) is 4. The molecule has 174 valence electrons. The third-order valence-electron chi connectivity index (χ3n) is 5.26. The van der Waals surface area contributed by atoms with Crippen LogP contribution in [0, 0.1) is 0 Å². The normalized spacial score (nSPS) is 14.4. The van der Waals surface area contributed by atoms with Gasteiger partial charge in [0.1, 0.15) is 0 Å². The molecule has 0 fully saturated rings. The largest absolute Gasteiger partial charge is 0.368 e. The lowest BCUT2D eigenvalue weighted by atomic mass is 10.1. The number of hydroxylamine groups is 3. The zero-order chi connectivity index (χ0) is 23.3. The Bertz CT molecular complexity index is 1360. The average molecular weight is 462 g/mol. The molecule has 0 bridgehead atoms. The van der Waals surface area contributed by atoms with E-state index >= 15 is 0 Å². The van der Waals surface area contributed by atoms with Gasteiger partial charge >= 0.3 is 0 Å². The molecule has 34 heavy (non-hydrogen) atoms. The van der Waals surface area contributed by atoms with E-state index in [-0.39, 0.29) is 17.9 Å². The highest BCUT2D eigenvalue weighted by Gasteiger charge is 2.19. The van der Waals surface area contributed by atoms with Gasteiger partial charge in [-0.3, -0.25) is 9.59 Å². The maximum atomic E-state index is 12.2. The van der Waals surface area contributed by atoms with Crippen molar-refractivity contribution in [3.05, 3.63) is 76.6 Å². The monoisotopic (exact) mass is 462 g/mol. The number of aromatic nitrogens is 4. The van der Waals surface area contributed by atoms with E-state index < -0.39 is 0 Å². The van der Waals surface area contributed by atoms with E-state index in [0.29, 0.717) is 48.9 Å². The molecule has 0 saturated heterocycles. The number of amides is 1. The maximum absolute atomic E-state index is 12.2. The number of anilines is 1. The van der Waals surface area contributed by atoms with E-state index in [4.69, 9.17) is 9.46 Å². The Hall–Kier alpha value is -4.45. The van der Waals surface area contributed by atoms with E-state index in [0.717, 1.165) is 16.7 Å². The van der Waals surface area contributed by atoms with Gasteiger partial charge in [-0.05, 0) is 24.6 Å². The second kappa shape index (κ2) is 9.58. The molecule has 3 aromatic rings. The van der Waals surface area contributed by atoms with Crippen molar-refractivity contribution < 1.29 is 14.3 Å². The highest BCUT2D eigenvalue weighted by atomic mass is 16.8. The molecule has 0 radical (unpaired) electrons. The van der Waals surface area contributed by atoms with Crippen LogP contribution in [0.25, 0.3) is 16.3 Å². The van der Waals surface area contributed by atoms with Crippen LogP contribution in [-0.4, -0.2) is 44.4 Å². The van der Waals surface area contributed by atoms with Gasteiger partial charge in [-0.1, -0.05) is 23.4 Å². The number of nitrogens with zero attached hydrogens (tertiary/aromatic N) is 4. The molecule has 5 rings (SSSR count). The molecule has 0 atom stereocenters. The number of aromatic amines is 1. The third kappa shape index (κ3) is 4.66. The summed E-state index contributed by atoms with van der Waals surface area (Å²) in [4.78, 5) is 33.5. The van der Waals surface area contributed by atoms with Gasteiger partial charge in [0, 0.05) is 43.1 Å². The number of allylic oxidation sites excluding steroid dienone is 3. The first kappa shape index (κ1) is 21.4. The van der Waals surface area contributed by atoms with Crippen LogP contribution >= 0.6 is 0 Å². The molecule has 2 aromatic heterocycles. The van der Waals surface area contributed by atoms with E-state index in [2.05, 4.69) is 36.5 Å². The van der Waals surface area contributed by atoms with Crippen LogP contribution < -0.4 is 21.7 Å². The Morgan fingerprint density at radius 3 is 2.97 bits per heavy atom. The van der Waals surface area contributed by atoms with Gasteiger partial charge in [0.15, 0.2) is 5.82 Å². The summed E-state index contributed by atoms with van der Waals surface area (Å²) in [6.07, 6.45) is 8.41. The fraction of sp³-hybridized carbons (Fsp3) is 0.227. The standard InChI is InChI=1S/C22H22N8O4/c31-18(23-9-3-10-24-21-16-4-1-2-5-17(16)22(32)28-27-21)6-7-19-26-20(29-33-19)14-8-11-30-15(12-14)13-25-34-30/h1-2,4-5,8,11-13,25H,3,6-7,9-10H2,(H,23,31)(H,24,27)(H,28,32). The first-order valence-corrected chi connectivity index (χ1v) is 10.8. The van der Waals surface area contributed by atoms with Crippen molar-refractivity contribution in [3.8, 4) is 0 Å². The fourth-order valence-electron chi connectivity index (χ4n) is 3.53. The number of aryl methyl sites for hydroxylation is 1. The number of H-pyrrole nitrogens is 1. The van der Waals surface area contributed by atoms with Crippen LogP contribution in [-0.2, 0) is 16.2 Å². The van der Waals surface area contributed by atoms with Crippen LogP contribution in [0.3, 0.4) is 0 Å². The smallest absolute Gasteiger partial charge is 0.272 e. The second-order valence-electron chi connectivity index (χ2n) is 7.61. The van der Waals surface area contributed by atoms with Gasteiger partial charge in [0.2, 0.25) is 17.6 Å². The average Bonchev–Trinajstić information content (AvgIpc) is 3.53. The lowest BCUT2D eigenvalue weighted by Crippen LogP contribution is -2.26. The van der Waals surface area contributed by atoms with Crippen LogP contribution in [0.2, 0.25) is 0 Å². The summed E-state index contributed by atoms with van der Waals surface area (Å²) in [6, 6.07) is 7.27. The van der Waals surface area contributed by atoms with E-state index in [1.807, 2.05) is 30.4 Å². The van der Waals surface area contributed by atoms with Gasteiger partial charge in [-0.15, -0.1) is 0 Å². The number of carbonyl (C=O) groups excluding carboxylic acids is 1. The number of hydrogen-bond donors (Lipinski definition) is 4. The molecule has 1 aromatic carbocycles. The molecular formula is C22H22N8O4. The minimum Gasteiger partial charge on any atom is -0.368 e. The number of rotatable bonds is 9. The van der Waals surface area contributed by atoms with Crippen LogP contribution in [0.5, 0.6) is 0 Å². The zero-order valence-electron chi connectivity index (χ0n) is 18.1. The van der Waals surface area contributed by atoms with Gasteiger partial charge < -0.3 is 15.2 Å². The van der Waals surface area contributed by atoms with Crippen molar-refractivity contribution in [2.45, 2.75) is 19.3 Å². The minimum atomic E-state index is -0.224. The lowest BCUT2D eigenvalue weighted by molar-refractivity contribution is -0.121. The van der Waals surface area contributed by atoms with Gasteiger partial charge in [0.25, 0.3) is 5.56 Å². The number of hydrogen-bond acceptors (Lipinski definition) is 10. The molecule has 12 nitrogen and oxygen atoms in total. The van der Waals surface area contributed by atoms with Crippen LogP contribution in [0.4, 0.5) is 5.82 Å². The first-order chi connectivity index (χ1) is 16.7. The zero-order valence-corrected chi connectivity index (χ0v) is 18.1. The van der Waals surface area contributed by atoms with Crippen molar-refractivity contribution in [3.63, 3.8) is 0 Å². The molecule has 0 aliphatic carbocycles. The predicted molar refractivity (Wildman–Crippen MR) is 122 cm³/mol. The molecule has 0 unspecified atom stereocenters. The Morgan fingerprint density at radius 2 is 2.06 bits per heavy atom. The molecular weight excluding hydrogens is 440 g/mol. The van der Waals surface area contributed by atoms with Crippen molar-refractivity contribution in [1.29, 1.82) is 0 Å². The van der Waals surface area contributed by atoms with Crippen molar-refractivity contribution in [2.24, 2.45) is 0 Å². The number of fused-ring (bicyclic) bond motifs is 2. The highest BCUT2D eigenvalue weighted by molar-refractivity contribution is 5.90. The lowest BCUT2D eigenvalue weighted by Gasteiger charge is -2.15. The molecule has 4 N–H and O–H groups in total. The Morgan fingerprint density at radius 1 is 1.18 bits per heavy atom. The summed E-state index contributed by atoms with van der Waals surface area (Å²) in [5, 5.41) is 19.5. The first-order valence-electron chi connectivity index (χ1n) is 10.8. The molecule has 12 heteroatoms. The summed E-state index contributed by atoms with van der Waals surface area (Å²) in [7, 11) is 0. The maximum Gasteiger partial charge on any atom is 0.272 e. The second-order valence-corrected chi connectivity index (χ2v) is 7.61. The Kier molecular flexibility index (Phi) is 6.03. The quantitative estimate of drug-likeness (QED) is 0.343. The van der Waals surface area contributed by atoms with Gasteiger partial charge in [-0.2, -0.15) is 15.0 Å². The number of carbonyl (C=O) groups is 1. The fourth-order valence-corrected chi connectivity index (χ4v) is 3.53. The highest BCUT2D eigenvalue weighted by Crippen LogP contribution is 2.24. The van der Waals surface area contributed by atoms with Gasteiger partial charge in [-0.25, -0.2) is 15.6 Å². The van der Waals surface area contributed by atoms with Gasteiger partial charge in [0.05, 0.1) is 17.3 Å². The molecule has 4 heterocycles. The van der Waals surface area contributed by atoms with Crippen LogP contribution in [0.1, 0.15) is 24.6 Å². The Labute approximate surface area is 193 Å². The molecule has 0 saturated carbocycles. The molecule has 2 aliphatic heterocycles. The molecule has 1 amide bonds. The summed E-state index contributed by atoms with van der Waals surface area (Å²) in [5.74, 6) is 1.36. The summed E-state index contributed by atoms with van der Waals surface area (Å²) >= 11 is 0.